The third kappa shape index (κ3) is 5.42. The van der Waals surface area contributed by atoms with Gasteiger partial charge >= 0.3 is 6.18 Å². The summed E-state index contributed by atoms with van der Waals surface area (Å²) in [4.78, 5) is 14.2. The van der Waals surface area contributed by atoms with Gasteiger partial charge in [0, 0.05) is 26.2 Å². The van der Waals surface area contributed by atoms with Gasteiger partial charge in [-0.05, 0) is 38.1 Å². The molecule has 2 aromatic carbocycles. The lowest BCUT2D eigenvalue weighted by Gasteiger charge is -2.19. The van der Waals surface area contributed by atoms with Crippen LogP contribution in [0, 0.1) is 6.92 Å². The van der Waals surface area contributed by atoms with Gasteiger partial charge in [0.25, 0.3) is 0 Å². The number of aryl methyl sites for hydroxylation is 1. The van der Waals surface area contributed by atoms with Crippen LogP contribution in [0.2, 0.25) is 0 Å². The first-order valence-corrected chi connectivity index (χ1v) is 10.9. The van der Waals surface area contributed by atoms with E-state index in [1.165, 1.54) is 17.8 Å². The molecule has 1 aromatic heterocycles. The standard InChI is InChI=1S/C22H24F3N5OS/c1-5-30-20(15-8-6-7-14(2)11-15)27-28-21(30)32-13-19(31)26-17-12-16(22(23,24)25)9-10-18(17)29(3)4/h6-12H,5,13H2,1-4H3,(H,26,31). The second-order valence-corrected chi connectivity index (χ2v) is 8.32. The van der Waals surface area contributed by atoms with Crippen LogP contribution in [0.3, 0.4) is 0 Å². The highest BCUT2D eigenvalue weighted by Crippen LogP contribution is 2.35. The Labute approximate surface area is 188 Å². The molecule has 0 radical (unpaired) electrons. The van der Waals surface area contributed by atoms with Gasteiger partial charge in [0.05, 0.1) is 22.7 Å². The molecule has 1 N–H and O–H groups in total. The van der Waals surface area contributed by atoms with E-state index in [0.717, 1.165) is 23.3 Å². The van der Waals surface area contributed by atoms with Gasteiger partial charge in [-0.1, -0.05) is 35.5 Å². The van der Waals surface area contributed by atoms with Gasteiger partial charge in [-0.2, -0.15) is 13.2 Å². The number of hydrogen-bond acceptors (Lipinski definition) is 5. The third-order valence-electron chi connectivity index (χ3n) is 4.72. The lowest BCUT2D eigenvalue weighted by molar-refractivity contribution is -0.137. The Morgan fingerprint density at radius 2 is 1.91 bits per heavy atom. The van der Waals surface area contributed by atoms with E-state index in [9.17, 15) is 18.0 Å². The van der Waals surface area contributed by atoms with Crippen LogP contribution in [0.4, 0.5) is 24.5 Å². The first-order valence-electron chi connectivity index (χ1n) is 9.91. The van der Waals surface area contributed by atoms with E-state index in [1.54, 1.807) is 19.0 Å². The van der Waals surface area contributed by atoms with Gasteiger partial charge in [0.2, 0.25) is 5.91 Å². The molecule has 0 saturated carbocycles. The van der Waals surface area contributed by atoms with Crippen LogP contribution in [-0.2, 0) is 17.5 Å². The molecule has 0 aliphatic rings. The van der Waals surface area contributed by atoms with Gasteiger partial charge in [-0.25, -0.2) is 0 Å². The van der Waals surface area contributed by atoms with Crippen molar-refractivity contribution in [2.24, 2.45) is 0 Å². The normalized spacial score (nSPS) is 11.5. The Bertz CT molecular complexity index is 1110. The minimum absolute atomic E-state index is 0.0188. The highest BCUT2D eigenvalue weighted by molar-refractivity contribution is 7.99. The lowest BCUT2D eigenvalue weighted by atomic mass is 10.1. The second kappa shape index (κ2) is 9.64. The highest BCUT2D eigenvalue weighted by Gasteiger charge is 2.31. The number of anilines is 2. The number of hydrogen-bond donors (Lipinski definition) is 1. The summed E-state index contributed by atoms with van der Waals surface area (Å²) < 4.78 is 41.2. The molecule has 0 spiro atoms. The number of carbonyl (C=O) groups is 1. The van der Waals surface area contributed by atoms with Crippen molar-refractivity contribution in [3.63, 3.8) is 0 Å². The summed E-state index contributed by atoms with van der Waals surface area (Å²) in [6.45, 7) is 4.56. The Hall–Kier alpha value is -3.01. The zero-order valence-corrected chi connectivity index (χ0v) is 19.0. The smallest absolute Gasteiger partial charge is 0.376 e. The zero-order chi connectivity index (χ0) is 23.5. The summed E-state index contributed by atoms with van der Waals surface area (Å²) in [6.07, 6.45) is -4.50. The van der Waals surface area contributed by atoms with Crippen LogP contribution in [0.25, 0.3) is 11.4 Å². The monoisotopic (exact) mass is 463 g/mol. The summed E-state index contributed by atoms with van der Waals surface area (Å²) in [7, 11) is 3.40. The van der Waals surface area contributed by atoms with E-state index in [1.807, 2.05) is 42.7 Å². The predicted molar refractivity (Wildman–Crippen MR) is 121 cm³/mol. The number of aromatic nitrogens is 3. The van der Waals surface area contributed by atoms with Crippen molar-refractivity contribution in [1.82, 2.24) is 14.8 Å². The molecular weight excluding hydrogens is 439 g/mol. The Morgan fingerprint density at radius 3 is 2.53 bits per heavy atom. The van der Waals surface area contributed by atoms with Crippen molar-refractivity contribution in [1.29, 1.82) is 0 Å². The highest BCUT2D eigenvalue weighted by atomic mass is 32.2. The van der Waals surface area contributed by atoms with Crippen molar-refractivity contribution in [3.8, 4) is 11.4 Å². The molecule has 0 fully saturated rings. The number of halogens is 3. The average molecular weight is 464 g/mol. The van der Waals surface area contributed by atoms with E-state index >= 15 is 0 Å². The molecule has 0 aliphatic heterocycles. The number of carbonyl (C=O) groups excluding carboxylic acids is 1. The predicted octanol–water partition coefficient (Wildman–Crippen LogP) is 5.09. The first kappa shape index (κ1) is 23.6. The van der Waals surface area contributed by atoms with E-state index < -0.39 is 17.6 Å². The van der Waals surface area contributed by atoms with Crippen molar-refractivity contribution in [2.45, 2.75) is 31.7 Å². The number of benzene rings is 2. The topological polar surface area (TPSA) is 63.1 Å². The van der Waals surface area contributed by atoms with E-state index in [0.29, 0.717) is 23.2 Å². The molecular formula is C22H24F3N5OS. The average Bonchev–Trinajstić information content (AvgIpc) is 3.14. The maximum absolute atomic E-state index is 13.1. The minimum Gasteiger partial charge on any atom is -0.376 e. The van der Waals surface area contributed by atoms with E-state index in [4.69, 9.17) is 0 Å². The zero-order valence-electron chi connectivity index (χ0n) is 18.2. The number of rotatable bonds is 7. The molecule has 1 amide bonds. The second-order valence-electron chi connectivity index (χ2n) is 7.38. The maximum atomic E-state index is 13.1. The molecule has 0 atom stereocenters. The molecule has 0 saturated heterocycles. The summed E-state index contributed by atoms with van der Waals surface area (Å²) in [5.41, 5.74) is 1.79. The van der Waals surface area contributed by atoms with Gasteiger partial charge in [0.1, 0.15) is 0 Å². The van der Waals surface area contributed by atoms with Crippen LogP contribution in [0.1, 0.15) is 18.1 Å². The number of alkyl halides is 3. The van der Waals surface area contributed by atoms with Crippen LogP contribution in [0.15, 0.2) is 47.6 Å². The molecule has 3 aromatic rings. The Morgan fingerprint density at radius 1 is 1.16 bits per heavy atom. The molecule has 0 bridgehead atoms. The first-order chi connectivity index (χ1) is 15.1. The molecule has 6 nitrogen and oxygen atoms in total. The summed E-state index contributed by atoms with van der Waals surface area (Å²) in [5.74, 6) is 0.252. The number of amides is 1. The van der Waals surface area contributed by atoms with Crippen molar-refractivity contribution in [2.75, 3.05) is 30.1 Å². The van der Waals surface area contributed by atoms with Crippen LogP contribution in [-0.4, -0.2) is 40.5 Å². The molecule has 0 aliphatic carbocycles. The largest absolute Gasteiger partial charge is 0.416 e. The van der Waals surface area contributed by atoms with Crippen LogP contribution >= 0.6 is 11.8 Å². The molecule has 0 unspecified atom stereocenters. The molecule has 1 heterocycles. The minimum atomic E-state index is -4.50. The molecule has 170 valence electrons. The van der Waals surface area contributed by atoms with Gasteiger partial charge in [0.15, 0.2) is 11.0 Å². The lowest BCUT2D eigenvalue weighted by Crippen LogP contribution is -2.19. The summed E-state index contributed by atoms with van der Waals surface area (Å²) in [5, 5.41) is 11.6. The summed E-state index contributed by atoms with van der Waals surface area (Å²) in [6, 6.07) is 11.2. The van der Waals surface area contributed by atoms with E-state index in [-0.39, 0.29) is 11.4 Å². The third-order valence-corrected chi connectivity index (χ3v) is 5.69. The van der Waals surface area contributed by atoms with Crippen molar-refractivity contribution < 1.29 is 18.0 Å². The number of nitrogens with zero attached hydrogens (tertiary/aromatic N) is 4. The van der Waals surface area contributed by atoms with Crippen molar-refractivity contribution in [3.05, 3.63) is 53.6 Å². The van der Waals surface area contributed by atoms with Gasteiger partial charge < -0.3 is 14.8 Å². The summed E-state index contributed by atoms with van der Waals surface area (Å²) >= 11 is 1.18. The van der Waals surface area contributed by atoms with Crippen LogP contribution in [0.5, 0.6) is 0 Å². The fraction of sp³-hybridized carbons (Fsp3) is 0.318. The fourth-order valence-electron chi connectivity index (χ4n) is 3.20. The molecule has 10 heteroatoms. The number of thioether (sulfide) groups is 1. The Balaban J connectivity index is 1.76. The molecule has 32 heavy (non-hydrogen) atoms. The fourth-order valence-corrected chi connectivity index (χ4v) is 4.00. The maximum Gasteiger partial charge on any atom is 0.416 e. The van der Waals surface area contributed by atoms with Gasteiger partial charge in [-0.3, -0.25) is 4.79 Å². The van der Waals surface area contributed by atoms with Crippen molar-refractivity contribution >= 4 is 29.0 Å². The quantitative estimate of drug-likeness (QED) is 0.495. The SMILES string of the molecule is CCn1c(SCC(=O)Nc2cc(C(F)(F)F)ccc2N(C)C)nnc1-c1cccc(C)c1. The Kier molecular flexibility index (Phi) is 7.12. The van der Waals surface area contributed by atoms with Gasteiger partial charge in [-0.15, -0.1) is 10.2 Å². The van der Waals surface area contributed by atoms with E-state index in [2.05, 4.69) is 15.5 Å². The molecule has 3 rings (SSSR count). The van der Waals surface area contributed by atoms with Crippen LogP contribution < -0.4 is 10.2 Å². The number of nitrogens with one attached hydrogen (secondary N) is 1.